The zero-order valence-corrected chi connectivity index (χ0v) is 14.1. The highest BCUT2D eigenvalue weighted by atomic mass is 16.6. The molecular weight excluding hydrogens is 294 g/mol. The van der Waals surface area contributed by atoms with Crippen molar-refractivity contribution in [2.24, 2.45) is 12.2 Å². The predicted octanol–water partition coefficient (Wildman–Crippen LogP) is 2.13. The summed E-state index contributed by atoms with van der Waals surface area (Å²) in [6.45, 7) is 8.02. The van der Waals surface area contributed by atoms with Gasteiger partial charge in [0.2, 0.25) is 0 Å². The topological polar surface area (TPSA) is 74.3 Å². The minimum atomic E-state index is -0.304. The third-order valence-corrected chi connectivity index (χ3v) is 3.75. The third kappa shape index (κ3) is 3.56. The lowest BCUT2D eigenvalue weighted by atomic mass is 10.1. The zero-order chi connectivity index (χ0) is 17.0. The van der Waals surface area contributed by atoms with Gasteiger partial charge in [0.1, 0.15) is 6.61 Å². The van der Waals surface area contributed by atoms with E-state index in [2.05, 4.69) is 15.6 Å². The first-order chi connectivity index (χ1) is 11.0. The standard InChI is InChI=1S/C16H21N5O2/c1-6-11(2)13(4)17-23-10-14-12(3)8-7-9-15(14)21-16(22)20(5)18-19-21/h6-9H,10H2,1-5H3/b11-6+,17-13-. The molecule has 0 fully saturated rings. The van der Waals surface area contributed by atoms with Crippen LogP contribution in [0.3, 0.4) is 0 Å². The average Bonchev–Trinajstić information content (AvgIpc) is 2.87. The van der Waals surface area contributed by atoms with Gasteiger partial charge in [-0.05, 0) is 55.3 Å². The smallest absolute Gasteiger partial charge is 0.368 e. The van der Waals surface area contributed by atoms with Gasteiger partial charge in [-0.15, -0.1) is 0 Å². The van der Waals surface area contributed by atoms with E-state index in [1.54, 1.807) is 7.05 Å². The Kier molecular flexibility index (Phi) is 5.10. The first kappa shape index (κ1) is 16.7. The number of tetrazole rings is 1. The van der Waals surface area contributed by atoms with E-state index in [0.717, 1.165) is 22.4 Å². The van der Waals surface area contributed by atoms with Gasteiger partial charge in [0.25, 0.3) is 0 Å². The van der Waals surface area contributed by atoms with Crippen LogP contribution >= 0.6 is 0 Å². The number of aromatic nitrogens is 4. The summed E-state index contributed by atoms with van der Waals surface area (Å²) in [6.07, 6.45) is 1.97. The second-order valence-electron chi connectivity index (χ2n) is 5.29. The minimum Gasteiger partial charge on any atom is -0.391 e. The Morgan fingerprint density at radius 2 is 2.09 bits per heavy atom. The molecule has 0 aliphatic rings. The van der Waals surface area contributed by atoms with Crippen LogP contribution in [-0.2, 0) is 18.5 Å². The van der Waals surface area contributed by atoms with Crippen LogP contribution in [0.25, 0.3) is 5.69 Å². The molecule has 0 saturated heterocycles. The molecule has 0 radical (unpaired) electrons. The van der Waals surface area contributed by atoms with Gasteiger partial charge in [-0.1, -0.05) is 23.4 Å². The fraction of sp³-hybridized carbons (Fsp3) is 0.375. The Hall–Kier alpha value is -2.70. The largest absolute Gasteiger partial charge is 0.391 e. The molecule has 0 aliphatic heterocycles. The fourth-order valence-corrected chi connectivity index (χ4v) is 2.01. The molecule has 1 heterocycles. The Balaban J connectivity index is 2.33. The first-order valence-corrected chi connectivity index (χ1v) is 7.33. The maximum Gasteiger partial charge on any atom is 0.368 e. The number of aryl methyl sites for hydroxylation is 2. The summed E-state index contributed by atoms with van der Waals surface area (Å²) < 4.78 is 2.45. The van der Waals surface area contributed by atoms with E-state index in [0.29, 0.717) is 5.69 Å². The molecule has 2 rings (SSSR count). The van der Waals surface area contributed by atoms with Crippen LogP contribution in [0.5, 0.6) is 0 Å². The molecule has 0 unspecified atom stereocenters. The third-order valence-electron chi connectivity index (χ3n) is 3.75. The molecule has 0 atom stereocenters. The minimum absolute atomic E-state index is 0.249. The highest BCUT2D eigenvalue weighted by Crippen LogP contribution is 2.18. The molecule has 1 aromatic carbocycles. The molecule has 122 valence electrons. The molecule has 0 amide bonds. The number of rotatable bonds is 5. The van der Waals surface area contributed by atoms with E-state index in [1.807, 2.05) is 52.0 Å². The van der Waals surface area contributed by atoms with Crippen LogP contribution in [0.4, 0.5) is 0 Å². The van der Waals surface area contributed by atoms with Crippen LogP contribution in [-0.4, -0.2) is 25.5 Å². The molecule has 23 heavy (non-hydrogen) atoms. The Morgan fingerprint density at radius 1 is 1.35 bits per heavy atom. The number of nitrogens with zero attached hydrogens (tertiary/aromatic N) is 5. The van der Waals surface area contributed by atoms with Crippen LogP contribution in [0, 0.1) is 6.92 Å². The van der Waals surface area contributed by atoms with Crippen LogP contribution in [0.15, 0.2) is 39.8 Å². The van der Waals surface area contributed by atoms with E-state index in [1.165, 1.54) is 9.36 Å². The van der Waals surface area contributed by atoms with Gasteiger partial charge in [0, 0.05) is 12.6 Å². The lowest BCUT2D eigenvalue weighted by Gasteiger charge is -2.10. The van der Waals surface area contributed by atoms with Crippen LogP contribution in [0.2, 0.25) is 0 Å². The number of hydrogen-bond acceptors (Lipinski definition) is 5. The summed E-state index contributed by atoms with van der Waals surface area (Å²) >= 11 is 0. The molecule has 7 heteroatoms. The van der Waals surface area contributed by atoms with Gasteiger partial charge in [0.15, 0.2) is 0 Å². The predicted molar refractivity (Wildman–Crippen MR) is 88.7 cm³/mol. The Bertz CT molecular complexity index is 814. The van der Waals surface area contributed by atoms with Crippen molar-refractivity contribution in [3.8, 4) is 5.69 Å². The van der Waals surface area contributed by atoms with E-state index >= 15 is 0 Å². The average molecular weight is 315 g/mol. The van der Waals surface area contributed by atoms with Crippen molar-refractivity contribution in [3.05, 3.63) is 51.5 Å². The van der Waals surface area contributed by atoms with E-state index < -0.39 is 0 Å². The highest BCUT2D eigenvalue weighted by Gasteiger charge is 2.13. The molecule has 0 bridgehead atoms. The zero-order valence-electron chi connectivity index (χ0n) is 14.1. The van der Waals surface area contributed by atoms with Crippen molar-refractivity contribution >= 4 is 5.71 Å². The normalized spacial score (nSPS) is 12.6. The molecule has 0 aliphatic carbocycles. The molecule has 0 saturated carbocycles. The van der Waals surface area contributed by atoms with Gasteiger partial charge < -0.3 is 4.84 Å². The van der Waals surface area contributed by atoms with Crippen molar-refractivity contribution in [1.29, 1.82) is 0 Å². The second-order valence-corrected chi connectivity index (χ2v) is 5.29. The van der Waals surface area contributed by atoms with Gasteiger partial charge in [-0.25, -0.2) is 4.79 Å². The first-order valence-electron chi connectivity index (χ1n) is 7.33. The molecule has 7 nitrogen and oxygen atoms in total. The maximum atomic E-state index is 12.1. The summed E-state index contributed by atoms with van der Waals surface area (Å²) in [4.78, 5) is 17.5. The summed E-state index contributed by atoms with van der Waals surface area (Å²) in [5.41, 5.74) is 4.07. The van der Waals surface area contributed by atoms with Gasteiger partial charge in [0.05, 0.1) is 11.4 Å². The van der Waals surface area contributed by atoms with Crippen LogP contribution < -0.4 is 5.69 Å². The lowest BCUT2D eigenvalue weighted by Crippen LogP contribution is -2.23. The lowest BCUT2D eigenvalue weighted by molar-refractivity contribution is 0.130. The maximum absolute atomic E-state index is 12.1. The molecular formula is C16H21N5O2. The number of benzene rings is 1. The van der Waals surface area contributed by atoms with Gasteiger partial charge in [-0.2, -0.15) is 9.36 Å². The summed E-state index contributed by atoms with van der Waals surface area (Å²) in [5.74, 6) is 0. The SMILES string of the molecule is C/C=C(C)/C(C)=N\OCc1c(C)cccc1-n1nnn(C)c1=O. The molecule has 2 aromatic rings. The highest BCUT2D eigenvalue weighted by molar-refractivity contribution is 5.97. The quantitative estimate of drug-likeness (QED) is 0.626. The van der Waals surface area contributed by atoms with Crippen molar-refractivity contribution in [3.63, 3.8) is 0 Å². The number of allylic oxidation sites excluding steroid dienone is 2. The summed E-state index contributed by atoms with van der Waals surface area (Å²) in [7, 11) is 1.56. The monoisotopic (exact) mass is 315 g/mol. The summed E-state index contributed by atoms with van der Waals surface area (Å²) in [6, 6.07) is 5.64. The van der Waals surface area contributed by atoms with E-state index in [4.69, 9.17) is 4.84 Å². The summed E-state index contributed by atoms with van der Waals surface area (Å²) in [5, 5.41) is 11.7. The van der Waals surface area contributed by atoms with E-state index in [9.17, 15) is 4.79 Å². The Morgan fingerprint density at radius 3 is 2.70 bits per heavy atom. The van der Waals surface area contributed by atoms with Crippen molar-refractivity contribution in [2.75, 3.05) is 0 Å². The second kappa shape index (κ2) is 7.04. The van der Waals surface area contributed by atoms with Crippen LogP contribution in [0.1, 0.15) is 31.9 Å². The van der Waals surface area contributed by atoms with E-state index in [-0.39, 0.29) is 12.3 Å². The fourth-order valence-electron chi connectivity index (χ4n) is 2.01. The van der Waals surface area contributed by atoms with Gasteiger partial charge >= 0.3 is 5.69 Å². The number of hydrogen-bond donors (Lipinski definition) is 0. The van der Waals surface area contributed by atoms with Crippen molar-refractivity contribution in [2.45, 2.75) is 34.3 Å². The van der Waals surface area contributed by atoms with Crippen molar-refractivity contribution in [1.82, 2.24) is 19.8 Å². The molecule has 0 N–H and O–H groups in total. The molecule has 0 spiro atoms. The van der Waals surface area contributed by atoms with Crippen molar-refractivity contribution < 1.29 is 4.84 Å². The van der Waals surface area contributed by atoms with Gasteiger partial charge in [-0.3, -0.25) is 0 Å². The Labute approximate surface area is 134 Å². The number of oxime groups is 1. The molecule has 1 aromatic heterocycles.